The minimum Gasteiger partial charge on any atom is -0.465 e. The van der Waals surface area contributed by atoms with Crippen molar-refractivity contribution in [1.29, 1.82) is 0 Å². The van der Waals surface area contributed by atoms with Gasteiger partial charge in [-0.05, 0) is 27.7 Å². The van der Waals surface area contributed by atoms with E-state index in [1.165, 1.54) is 6.08 Å². The van der Waals surface area contributed by atoms with Crippen LogP contribution in [0, 0.1) is 0 Å². The molecule has 3 N–H and O–H groups in total. The van der Waals surface area contributed by atoms with Gasteiger partial charge in [0.1, 0.15) is 6.04 Å². The average Bonchev–Trinajstić information content (AvgIpc) is 2.13. The van der Waals surface area contributed by atoms with Gasteiger partial charge in [-0.25, -0.2) is 0 Å². The smallest absolute Gasteiger partial charge is 0.329 e. The number of esters is 1. The predicted octanol–water partition coefficient (Wildman–Crippen LogP) is 1.04. The van der Waals surface area contributed by atoms with Crippen molar-refractivity contribution in [3.63, 3.8) is 0 Å². The molecule has 0 bridgehead atoms. The molecule has 0 rings (SSSR count). The zero-order valence-electron chi connectivity index (χ0n) is 11.2. The maximum Gasteiger partial charge on any atom is 0.329 e. The lowest BCUT2D eigenvalue weighted by atomic mass is 10.2. The maximum atomic E-state index is 11.7. The molecule has 0 aliphatic carbocycles. The van der Waals surface area contributed by atoms with E-state index in [4.69, 9.17) is 14.5 Å². The Morgan fingerprint density at radius 2 is 2.00 bits per heavy atom. The number of ether oxygens (including phenoxy) is 1. The van der Waals surface area contributed by atoms with Crippen LogP contribution in [0.5, 0.6) is 0 Å². The van der Waals surface area contributed by atoms with Gasteiger partial charge in [0, 0.05) is 6.04 Å². The van der Waals surface area contributed by atoms with Crippen molar-refractivity contribution in [1.82, 2.24) is 5.32 Å². The molecular weight excluding hydrogens is 257 g/mol. The molecule has 0 aliphatic rings. The summed E-state index contributed by atoms with van der Waals surface area (Å²) in [5, 5.41) is 2.98. The van der Waals surface area contributed by atoms with Gasteiger partial charge in [-0.15, -0.1) is 0 Å². The molecule has 7 heteroatoms. The molecule has 0 spiro atoms. The molecule has 106 valence electrons. The fourth-order valence-electron chi connectivity index (χ4n) is 1.44. The molecule has 0 saturated carbocycles. The Labute approximate surface area is 108 Å². The molecule has 0 aromatic heterocycles. The van der Waals surface area contributed by atoms with E-state index >= 15 is 0 Å². The van der Waals surface area contributed by atoms with Crippen LogP contribution in [-0.2, 0) is 14.1 Å². The molecule has 0 amide bonds. The van der Waals surface area contributed by atoms with Crippen LogP contribution in [-0.4, -0.2) is 40.6 Å². The van der Waals surface area contributed by atoms with E-state index in [1.807, 2.05) is 13.8 Å². The van der Waals surface area contributed by atoms with Crippen LogP contribution in [0.2, 0.25) is 0 Å². The zero-order valence-corrected chi connectivity index (χ0v) is 12.1. The summed E-state index contributed by atoms with van der Waals surface area (Å²) in [5.74, 6) is -0.448. The minimum atomic E-state index is -4.11. The highest BCUT2D eigenvalue weighted by Gasteiger charge is 2.20. The minimum absolute atomic E-state index is 0.0542. The standard InChI is InChI=1S/C11H22NO5P/c1-5-17-11(13)10(12-8(2)3)6-9(4)7-18(14,15)16/h6,8,10,12H,5,7H2,1-4H3,(H2,14,15,16). The van der Waals surface area contributed by atoms with Crippen LogP contribution in [0.1, 0.15) is 27.7 Å². The van der Waals surface area contributed by atoms with Gasteiger partial charge in [-0.1, -0.05) is 11.6 Å². The van der Waals surface area contributed by atoms with Gasteiger partial charge < -0.3 is 14.5 Å². The van der Waals surface area contributed by atoms with Gasteiger partial charge >= 0.3 is 13.6 Å². The molecule has 0 saturated heterocycles. The predicted molar refractivity (Wildman–Crippen MR) is 69.4 cm³/mol. The quantitative estimate of drug-likeness (QED) is 0.366. The Balaban J connectivity index is 4.81. The third kappa shape index (κ3) is 8.42. The molecule has 0 fully saturated rings. The maximum absolute atomic E-state index is 11.7. The highest BCUT2D eigenvalue weighted by atomic mass is 31.2. The summed E-state index contributed by atoms with van der Waals surface area (Å²) >= 11 is 0. The van der Waals surface area contributed by atoms with Crippen molar-refractivity contribution in [2.45, 2.75) is 39.8 Å². The number of hydrogen-bond donors (Lipinski definition) is 3. The van der Waals surface area contributed by atoms with Crippen LogP contribution < -0.4 is 5.32 Å². The molecule has 0 aromatic carbocycles. The van der Waals surface area contributed by atoms with Gasteiger partial charge in [0.15, 0.2) is 0 Å². The molecule has 0 aromatic rings. The third-order valence-electron chi connectivity index (χ3n) is 1.96. The lowest BCUT2D eigenvalue weighted by molar-refractivity contribution is -0.144. The molecule has 1 unspecified atom stereocenters. The summed E-state index contributed by atoms with van der Waals surface area (Å²) in [6.45, 7) is 7.29. The average molecular weight is 279 g/mol. The highest BCUT2D eigenvalue weighted by molar-refractivity contribution is 7.52. The van der Waals surface area contributed by atoms with Gasteiger partial charge in [-0.3, -0.25) is 14.7 Å². The van der Waals surface area contributed by atoms with Crippen LogP contribution in [0.25, 0.3) is 0 Å². The first-order valence-electron chi connectivity index (χ1n) is 5.80. The summed E-state index contributed by atoms with van der Waals surface area (Å²) in [6, 6.07) is -0.630. The van der Waals surface area contributed by atoms with Crippen molar-refractivity contribution in [3.05, 3.63) is 11.6 Å². The molecule has 0 aliphatic heterocycles. The summed E-state index contributed by atoms with van der Waals surface area (Å²) in [6.07, 6.45) is 1.14. The van der Waals surface area contributed by atoms with Crippen molar-refractivity contribution in [2.75, 3.05) is 12.8 Å². The van der Waals surface area contributed by atoms with Crippen LogP contribution >= 0.6 is 7.60 Å². The lowest BCUT2D eigenvalue weighted by Gasteiger charge is -2.17. The van der Waals surface area contributed by atoms with E-state index in [1.54, 1.807) is 13.8 Å². The summed E-state index contributed by atoms with van der Waals surface area (Å²) in [4.78, 5) is 29.4. The molecule has 1 atom stereocenters. The summed E-state index contributed by atoms with van der Waals surface area (Å²) in [5.41, 5.74) is 0.453. The Morgan fingerprint density at radius 3 is 2.39 bits per heavy atom. The fraction of sp³-hybridized carbons (Fsp3) is 0.727. The summed E-state index contributed by atoms with van der Waals surface area (Å²) < 4.78 is 15.8. The Morgan fingerprint density at radius 1 is 1.44 bits per heavy atom. The first-order chi connectivity index (χ1) is 8.15. The third-order valence-corrected chi connectivity index (χ3v) is 2.87. The van der Waals surface area contributed by atoms with Gasteiger partial charge in [0.05, 0.1) is 12.8 Å². The second-order valence-electron chi connectivity index (χ2n) is 4.39. The Bertz CT molecular complexity index is 347. The first-order valence-corrected chi connectivity index (χ1v) is 7.60. The summed E-state index contributed by atoms with van der Waals surface area (Å²) in [7, 11) is -4.11. The molecule has 18 heavy (non-hydrogen) atoms. The normalized spacial score (nSPS) is 14.7. The molecule has 0 radical (unpaired) electrons. The van der Waals surface area contributed by atoms with Crippen LogP contribution in [0.15, 0.2) is 11.6 Å². The largest absolute Gasteiger partial charge is 0.465 e. The number of carbonyl (C=O) groups excluding carboxylic acids is 1. The van der Waals surface area contributed by atoms with Crippen molar-refractivity contribution in [3.8, 4) is 0 Å². The van der Waals surface area contributed by atoms with E-state index in [9.17, 15) is 9.36 Å². The SMILES string of the molecule is CCOC(=O)C(C=C(C)CP(=O)(O)O)NC(C)C. The van der Waals surface area contributed by atoms with E-state index in [2.05, 4.69) is 5.32 Å². The number of allylic oxidation sites excluding steroid dienone is 1. The van der Waals surface area contributed by atoms with E-state index in [0.717, 1.165) is 0 Å². The Kier molecular flexibility index (Phi) is 7.40. The van der Waals surface area contributed by atoms with E-state index in [-0.39, 0.29) is 18.8 Å². The van der Waals surface area contributed by atoms with Gasteiger partial charge in [0.2, 0.25) is 0 Å². The molecular formula is C11H22NO5P. The first kappa shape index (κ1) is 17.3. The second kappa shape index (κ2) is 7.69. The van der Waals surface area contributed by atoms with Crippen molar-refractivity contribution >= 4 is 13.6 Å². The van der Waals surface area contributed by atoms with E-state index < -0.39 is 19.6 Å². The fourth-order valence-corrected chi connectivity index (χ4v) is 2.19. The zero-order chi connectivity index (χ0) is 14.3. The number of carbonyl (C=O) groups is 1. The van der Waals surface area contributed by atoms with Gasteiger partial charge in [-0.2, -0.15) is 0 Å². The van der Waals surface area contributed by atoms with Crippen LogP contribution in [0.3, 0.4) is 0 Å². The number of hydrogen-bond acceptors (Lipinski definition) is 4. The molecule has 6 nitrogen and oxygen atoms in total. The topological polar surface area (TPSA) is 95.9 Å². The second-order valence-corrected chi connectivity index (χ2v) is 6.03. The molecule has 0 heterocycles. The van der Waals surface area contributed by atoms with E-state index in [0.29, 0.717) is 5.57 Å². The monoisotopic (exact) mass is 279 g/mol. The Hall–Kier alpha value is -0.680. The van der Waals surface area contributed by atoms with Crippen LogP contribution in [0.4, 0.5) is 0 Å². The number of rotatable bonds is 7. The van der Waals surface area contributed by atoms with Crippen molar-refractivity contribution < 1.29 is 23.9 Å². The highest BCUT2D eigenvalue weighted by Crippen LogP contribution is 2.36. The van der Waals surface area contributed by atoms with Gasteiger partial charge in [0.25, 0.3) is 0 Å². The van der Waals surface area contributed by atoms with Crippen molar-refractivity contribution in [2.24, 2.45) is 0 Å². The lowest BCUT2D eigenvalue weighted by Crippen LogP contribution is -2.40. The number of nitrogens with one attached hydrogen (secondary N) is 1.